The molecule has 3 rings (SSSR count). The summed E-state index contributed by atoms with van der Waals surface area (Å²) in [5.41, 5.74) is 2.25. The fourth-order valence-corrected chi connectivity index (χ4v) is 2.84. The van der Waals surface area contributed by atoms with Crippen molar-refractivity contribution in [2.24, 2.45) is 0 Å². The molecule has 1 saturated heterocycles. The molecule has 1 aromatic heterocycles. The zero-order chi connectivity index (χ0) is 18.2. The van der Waals surface area contributed by atoms with Crippen LogP contribution in [0.2, 0.25) is 0 Å². The van der Waals surface area contributed by atoms with Gasteiger partial charge in [0, 0.05) is 30.3 Å². The van der Waals surface area contributed by atoms with Crippen molar-refractivity contribution < 1.29 is 9.59 Å². The molecule has 0 saturated carbocycles. The van der Waals surface area contributed by atoms with E-state index in [9.17, 15) is 9.59 Å². The van der Waals surface area contributed by atoms with Crippen molar-refractivity contribution in [1.29, 1.82) is 0 Å². The molecule has 1 atom stereocenters. The number of rotatable bonds is 5. The van der Waals surface area contributed by atoms with Crippen LogP contribution in [0.3, 0.4) is 0 Å². The molecule has 136 valence electrons. The minimum Gasteiger partial charge on any atom is -0.334 e. The molecule has 26 heavy (non-hydrogen) atoms. The maximum absolute atomic E-state index is 12.3. The van der Waals surface area contributed by atoms with E-state index >= 15 is 0 Å². The highest BCUT2D eigenvalue weighted by Crippen LogP contribution is 2.16. The first kappa shape index (κ1) is 17.9. The Morgan fingerprint density at radius 2 is 1.85 bits per heavy atom. The van der Waals surface area contributed by atoms with E-state index in [1.807, 2.05) is 12.1 Å². The van der Waals surface area contributed by atoms with Crippen molar-refractivity contribution in [3.63, 3.8) is 0 Å². The number of nitrogens with zero attached hydrogens (tertiary/aromatic N) is 1. The Balaban J connectivity index is 1.51. The lowest BCUT2D eigenvalue weighted by atomic mass is 10.0. The number of nitrogens with one attached hydrogen (secondary N) is 4. The summed E-state index contributed by atoms with van der Waals surface area (Å²) in [4.78, 5) is 28.3. The molecule has 3 amide bonds. The molecular formula is C19H23N5O2. The summed E-state index contributed by atoms with van der Waals surface area (Å²) in [5, 5.41) is 11.7. The van der Waals surface area contributed by atoms with Crippen molar-refractivity contribution in [3.8, 4) is 0 Å². The van der Waals surface area contributed by atoms with Crippen LogP contribution in [0.5, 0.6) is 0 Å². The number of carbonyl (C=O) groups is 2. The molecule has 7 nitrogen and oxygen atoms in total. The smallest absolute Gasteiger partial charge is 0.319 e. The number of hydrogen-bond donors (Lipinski definition) is 4. The molecule has 2 heterocycles. The summed E-state index contributed by atoms with van der Waals surface area (Å²) in [6, 6.07) is 10.4. The number of aromatic nitrogens is 1. The summed E-state index contributed by atoms with van der Waals surface area (Å²) < 4.78 is 0. The van der Waals surface area contributed by atoms with Gasteiger partial charge in [0.1, 0.15) is 0 Å². The predicted molar refractivity (Wildman–Crippen MR) is 101 cm³/mol. The van der Waals surface area contributed by atoms with Crippen LogP contribution >= 0.6 is 0 Å². The third-order valence-electron chi connectivity index (χ3n) is 4.22. The molecule has 1 aliphatic rings. The van der Waals surface area contributed by atoms with Gasteiger partial charge in [0.05, 0.1) is 6.04 Å². The molecule has 1 fully saturated rings. The van der Waals surface area contributed by atoms with Crippen LogP contribution in [0.25, 0.3) is 0 Å². The topological polar surface area (TPSA) is 95.2 Å². The first-order chi connectivity index (χ1) is 12.7. The highest BCUT2D eigenvalue weighted by molar-refractivity contribution is 5.96. The molecule has 0 unspecified atom stereocenters. The first-order valence-corrected chi connectivity index (χ1v) is 8.79. The Morgan fingerprint density at radius 1 is 1.08 bits per heavy atom. The van der Waals surface area contributed by atoms with Crippen molar-refractivity contribution in [3.05, 3.63) is 54.4 Å². The third-order valence-corrected chi connectivity index (χ3v) is 4.22. The fourth-order valence-electron chi connectivity index (χ4n) is 2.84. The molecule has 4 N–H and O–H groups in total. The summed E-state index contributed by atoms with van der Waals surface area (Å²) in [6.07, 6.45) is 6.38. The van der Waals surface area contributed by atoms with Crippen molar-refractivity contribution in [2.75, 3.05) is 17.2 Å². The van der Waals surface area contributed by atoms with Crippen LogP contribution in [0.1, 0.15) is 24.8 Å². The van der Waals surface area contributed by atoms with E-state index in [1.165, 1.54) is 0 Å². The molecule has 0 aliphatic carbocycles. The monoisotopic (exact) mass is 353 g/mol. The van der Waals surface area contributed by atoms with Gasteiger partial charge in [-0.15, -0.1) is 0 Å². The standard InChI is InChI=1S/C19H23N5O2/c25-18(17-6-1-2-9-21-17)23-15-4-3-5-16(12-15)24-19(26)22-13-14-7-10-20-11-8-14/h3-5,7-8,10-12,17,21H,1-2,6,9,13H2,(H,23,25)(H2,22,24,26)/t17-/m1/s1. The molecule has 0 radical (unpaired) electrons. The van der Waals surface area contributed by atoms with Gasteiger partial charge in [0.15, 0.2) is 0 Å². The maximum atomic E-state index is 12.3. The lowest BCUT2D eigenvalue weighted by Gasteiger charge is -2.22. The summed E-state index contributed by atoms with van der Waals surface area (Å²) in [6.45, 7) is 1.29. The Labute approximate surface area is 152 Å². The zero-order valence-corrected chi connectivity index (χ0v) is 14.5. The first-order valence-electron chi connectivity index (χ1n) is 8.79. The maximum Gasteiger partial charge on any atom is 0.319 e. The van der Waals surface area contributed by atoms with Gasteiger partial charge in [-0.1, -0.05) is 12.5 Å². The molecular weight excluding hydrogens is 330 g/mol. The van der Waals surface area contributed by atoms with Crippen molar-refractivity contribution in [2.45, 2.75) is 31.8 Å². The number of amides is 3. The molecule has 0 spiro atoms. The molecule has 0 bridgehead atoms. The van der Waals surface area contributed by atoms with Crippen LogP contribution in [0.4, 0.5) is 16.2 Å². The minimum atomic E-state index is -0.306. The average Bonchev–Trinajstić information content (AvgIpc) is 2.68. The second-order valence-corrected chi connectivity index (χ2v) is 6.24. The number of pyridine rings is 1. The summed E-state index contributed by atoms with van der Waals surface area (Å²) in [5.74, 6) is -0.0380. The van der Waals surface area contributed by atoms with Gasteiger partial charge in [-0.05, 0) is 55.3 Å². The number of piperidine rings is 1. The highest BCUT2D eigenvalue weighted by Gasteiger charge is 2.20. The normalized spacial score (nSPS) is 16.5. The molecule has 1 aliphatic heterocycles. The molecule has 7 heteroatoms. The van der Waals surface area contributed by atoms with Gasteiger partial charge < -0.3 is 21.3 Å². The largest absolute Gasteiger partial charge is 0.334 e. The van der Waals surface area contributed by atoms with Crippen LogP contribution in [0, 0.1) is 0 Å². The Morgan fingerprint density at radius 3 is 2.58 bits per heavy atom. The fraction of sp³-hybridized carbons (Fsp3) is 0.316. The molecule has 1 aromatic carbocycles. The van der Waals surface area contributed by atoms with Crippen LogP contribution in [-0.4, -0.2) is 29.5 Å². The van der Waals surface area contributed by atoms with E-state index in [2.05, 4.69) is 26.3 Å². The van der Waals surface area contributed by atoms with Gasteiger partial charge >= 0.3 is 6.03 Å². The number of hydrogen-bond acceptors (Lipinski definition) is 4. The van der Waals surface area contributed by atoms with Crippen LogP contribution in [-0.2, 0) is 11.3 Å². The van der Waals surface area contributed by atoms with Gasteiger partial charge in [-0.2, -0.15) is 0 Å². The van der Waals surface area contributed by atoms with E-state index in [1.54, 1.807) is 36.7 Å². The van der Waals surface area contributed by atoms with Gasteiger partial charge in [-0.25, -0.2) is 4.79 Å². The Hall–Kier alpha value is -2.93. The second kappa shape index (κ2) is 8.96. The zero-order valence-electron chi connectivity index (χ0n) is 14.5. The predicted octanol–water partition coefficient (Wildman–Crippen LogP) is 2.48. The van der Waals surface area contributed by atoms with Crippen LogP contribution in [0.15, 0.2) is 48.8 Å². The van der Waals surface area contributed by atoms with E-state index < -0.39 is 0 Å². The Bertz CT molecular complexity index is 745. The van der Waals surface area contributed by atoms with Gasteiger partial charge in [-0.3, -0.25) is 9.78 Å². The number of urea groups is 1. The van der Waals surface area contributed by atoms with Crippen molar-refractivity contribution >= 4 is 23.3 Å². The van der Waals surface area contributed by atoms with E-state index in [-0.39, 0.29) is 18.0 Å². The minimum absolute atomic E-state index is 0.0380. The lowest BCUT2D eigenvalue weighted by molar-refractivity contribution is -0.118. The number of benzene rings is 1. The lowest BCUT2D eigenvalue weighted by Crippen LogP contribution is -2.43. The third kappa shape index (κ3) is 5.29. The number of anilines is 2. The SMILES string of the molecule is O=C(NCc1ccncc1)Nc1cccc(NC(=O)[C@H]2CCCCN2)c1. The van der Waals surface area contributed by atoms with Gasteiger partial charge in [0.2, 0.25) is 5.91 Å². The molecule has 2 aromatic rings. The van der Waals surface area contributed by atoms with E-state index in [0.717, 1.165) is 31.4 Å². The van der Waals surface area contributed by atoms with Gasteiger partial charge in [0.25, 0.3) is 0 Å². The Kier molecular flexibility index (Phi) is 6.16. The summed E-state index contributed by atoms with van der Waals surface area (Å²) >= 11 is 0. The number of carbonyl (C=O) groups excluding carboxylic acids is 2. The highest BCUT2D eigenvalue weighted by atomic mass is 16.2. The van der Waals surface area contributed by atoms with Crippen molar-refractivity contribution in [1.82, 2.24) is 15.6 Å². The quantitative estimate of drug-likeness (QED) is 0.664. The van der Waals surface area contributed by atoms with Crippen LogP contribution < -0.4 is 21.3 Å². The summed E-state index contributed by atoms with van der Waals surface area (Å²) in [7, 11) is 0. The van der Waals surface area contributed by atoms with E-state index in [0.29, 0.717) is 17.9 Å². The average molecular weight is 353 g/mol. The van der Waals surface area contributed by atoms with E-state index in [4.69, 9.17) is 0 Å². The second-order valence-electron chi connectivity index (χ2n) is 6.24.